The van der Waals surface area contributed by atoms with Gasteiger partial charge in [0.05, 0.1) is 25.5 Å². The van der Waals surface area contributed by atoms with E-state index in [1.807, 2.05) is 30.9 Å². The van der Waals surface area contributed by atoms with Crippen LogP contribution in [0.4, 0.5) is 18.0 Å². The van der Waals surface area contributed by atoms with E-state index in [-0.39, 0.29) is 18.2 Å². The van der Waals surface area contributed by atoms with Crippen LogP contribution >= 0.6 is 0 Å². The van der Waals surface area contributed by atoms with E-state index in [0.717, 1.165) is 45.0 Å². The number of hydrogen-bond donors (Lipinski definition) is 2. The van der Waals surface area contributed by atoms with Crippen LogP contribution in [0.3, 0.4) is 0 Å². The number of fused-ring (bicyclic) bond motifs is 1. The second kappa shape index (κ2) is 10.9. The Bertz CT molecular complexity index is 711. The number of carboxylic acid groups (broad SMARTS) is 1. The van der Waals surface area contributed by atoms with Gasteiger partial charge < -0.3 is 24.5 Å². The number of alkyl halides is 3. The van der Waals surface area contributed by atoms with Crippen molar-refractivity contribution in [1.29, 1.82) is 0 Å². The van der Waals surface area contributed by atoms with Crippen LogP contribution in [0.5, 0.6) is 0 Å². The Balaban J connectivity index is 0.000000423. The number of rotatable bonds is 5. The van der Waals surface area contributed by atoms with Gasteiger partial charge in [-0.25, -0.2) is 9.59 Å². The summed E-state index contributed by atoms with van der Waals surface area (Å²) in [6.07, 6.45) is -2.09. The molecule has 0 aliphatic carbocycles. The van der Waals surface area contributed by atoms with Crippen molar-refractivity contribution in [3.63, 3.8) is 0 Å². The van der Waals surface area contributed by atoms with E-state index in [4.69, 9.17) is 19.1 Å². The first-order chi connectivity index (χ1) is 14.5. The zero-order valence-electron chi connectivity index (χ0n) is 17.9. The molecule has 176 valence electrons. The molecule has 0 bridgehead atoms. The number of ether oxygens (including phenoxy) is 1. The van der Waals surface area contributed by atoms with Gasteiger partial charge >= 0.3 is 18.2 Å². The molecule has 0 unspecified atom stereocenters. The first-order valence-electron chi connectivity index (χ1n) is 10.2. The summed E-state index contributed by atoms with van der Waals surface area (Å²) in [4.78, 5) is 25.3. The first-order valence-corrected chi connectivity index (χ1v) is 10.2. The summed E-state index contributed by atoms with van der Waals surface area (Å²) in [7, 11) is 2.10. The average molecular weight is 449 g/mol. The molecule has 1 aromatic rings. The molecule has 0 saturated carbocycles. The Morgan fingerprint density at radius 3 is 2.61 bits per heavy atom. The maximum Gasteiger partial charge on any atom is 0.490 e. The fourth-order valence-corrected chi connectivity index (χ4v) is 3.84. The summed E-state index contributed by atoms with van der Waals surface area (Å²) in [5, 5.41) is 10.1. The second-order valence-corrected chi connectivity index (χ2v) is 8.21. The minimum absolute atomic E-state index is 0.0573. The van der Waals surface area contributed by atoms with Crippen LogP contribution < -0.4 is 5.32 Å². The van der Waals surface area contributed by atoms with Gasteiger partial charge in [-0.15, -0.1) is 0 Å². The van der Waals surface area contributed by atoms with E-state index in [1.165, 1.54) is 0 Å². The molecule has 3 heterocycles. The van der Waals surface area contributed by atoms with E-state index in [9.17, 15) is 18.0 Å². The Labute approximate surface area is 179 Å². The second-order valence-electron chi connectivity index (χ2n) is 8.21. The van der Waals surface area contributed by atoms with Gasteiger partial charge in [0.25, 0.3) is 0 Å². The van der Waals surface area contributed by atoms with E-state index in [2.05, 4.69) is 17.3 Å². The summed E-state index contributed by atoms with van der Waals surface area (Å²) in [5.41, 5.74) is 0. The average Bonchev–Trinajstić information content (AvgIpc) is 3.30. The van der Waals surface area contributed by atoms with Crippen molar-refractivity contribution < 1.29 is 37.0 Å². The number of likely N-dealkylation sites (tertiary alicyclic amines) is 1. The monoisotopic (exact) mass is 449 g/mol. The highest BCUT2D eigenvalue weighted by atomic mass is 19.4. The van der Waals surface area contributed by atoms with Crippen molar-refractivity contribution in [3.8, 4) is 0 Å². The summed E-state index contributed by atoms with van der Waals surface area (Å²) in [6, 6.07) is 4.16. The number of furan rings is 1. The fourth-order valence-electron chi connectivity index (χ4n) is 3.84. The highest BCUT2D eigenvalue weighted by molar-refractivity contribution is 5.74. The first kappa shape index (κ1) is 25.0. The highest BCUT2D eigenvalue weighted by Crippen LogP contribution is 2.34. The van der Waals surface area contributed by atoms with E-state index >= 15 is 0 Å². The van der Waals surface area contributed by atoms with Crippen LogP contribution in [-0.2, 0) is 16.1 Å². The van der Waals surface area contributed by atoms with Gasteiger partial charge in [-0.1, -0.05) is 0 Å². The van der Waals surface area contributed by atoms with Gasteiger partial charge in [-0.05, 0) is 45.4 Å². The number of carbonyl (C=O) groups is 2. The molecule has 0 spiro atoms. The van der Waals surface area contributed by atoms with Crippen molar-refractivity contribution in [3.05, 3.63) is 24.2 Å². The molecule has 2 aliphatic heterocycles. The number of aliphatic carboxylic acids is 1. The van der Waals surface area contributed by atoms with Crippen LogP contribution in [0.15, 0.2) is 22.8 Å². The van der Waals surface area contributed by atoms with Crippen LogP contribution in [0, 0.1) is 11.8 Å². The molecular formula is C20H30F3N3O5. The number of urea groups is 1. The van der Waals surface area contributed by atoms with E-state index in [1.54, 1.807) is 6.26 Å². The predicted molar refractivity (Wildman–Crippen MR) is 105 cm³/mol. The molecule has 2 amide bonds. The number of nitrogens with one attached hydrogen (secondary N) is 1. The lowest BCUT2D eigenvalue weighted by atomic mass is 9.84. The molecule has 0 aromatic carbocycles. The van der Waals surface area contributed by atoms with Crippen LogP contribution in [0.1, 0.15) is 26.0 Å². The Hall–Kier alpha value is -2.27. The summed E-state index contributed by atoms with van der Waals surface area (Å²) >= 11 is 0. The third kappa shape index (κ3) is 7.73. The van der Waals surface area contributed by atoms with Crippen LogP contribution in [-0.4, -0.2) is 78.5 Å². The van der Waals surface area contributed by atoms with Gasteiger partial charge in [0.2, 0.25) is 0 Å². The largest absolute Gasteiger partial charge is 0.490 e. The molecule has 2 aliphatic rings. The number of piperidine rings is 1. The molecule has 2 N–H and O–H groups in total. The Kier molecular flexibility index (Phi) is 8.75. The quantitative estimate of drug-likeness (QED) is 0.718. The lowest BCUT2D eigenvalue weighted by molar-refractivity contribution is -0.192. The number of likely N-dealkylation sites (N-methyl/N-ethyl adjacent to an activating group) is 1. The van der Waals surface area contributed by atoms with Gasteiger partial charge in [-0.3, -0.25) is 4.90 Å². The lowest BCUT2D eigenvalue weighted by Crippen LogP contribution is -2.50. The van der Waals surface area contributed by atoms with Crippen molar-refractivity contribution in [2.75, 3.05) is 33.3 Å². The van der Waals surface area contributed by atoms with Gasteiger partial charge in [0.15, 0.2) is 0 Å². The third-order valence-corrected chi connectivity index (χ3v) is 5.23. The summed E-state index contributed by atoms with van der Waals surface area (Å²) in [6.45, 7) is 8.08. The number of hydrogen-bond acceptors (Lipinski definition) is 5. The molecule has 1 aromatic heterocycles. The van der Waals surface area contributed by atoms with Crippen molar-refractivity contribution in [2.45, 2.75) is 45.1 Å². The Morgan fingerprint density at radius 1 is 1.39 bits per heavy atom. The van der Waals surface area contributed by atoms with E-state index in [0.29, 0.717) is 11.8 Å². The highest BCUT2D eigenvalue weighted by Gasteiger charge is 2.42. The van der Waals surface area contributed by atoms with Gasteiger partial charge in [0.1, 0.15) is 5.76 Å². The Morgan fingerprint density at radius 2 is 2.06 bits per heavy atom. The van der Waals surface area contributed by atoms with Crippen molar-refractivity contribution in [2.24, 2.45) is 11.8 Å². The van der Waals surface area contributed by atoms with Crippen LogP contribution in [0.2, 0.25) is 0 Å². The predicted octanol–water partition coefficient (Wildman–Crippen LogP) is 2.80. The minimum atomic E-state index is -5.08. The van der Waals surface area contributed by atoms with Crippen molar-refractivity contribution in [1.82, 2.24) is 15.1 Å². The zero-order chi connectivity index (χ0) is 23.2. The maximum atomic E-state index is 12.2. The molecule has 0 radical (unpaired) electrons. The van der Waals surface area contributed by atoms with Gasteiger partial charge in [0, 0.05) is 31.6 Å². The standard InChI is InChI=1S/C18H29N3O3.C2HF3O2/c1-13(2)19-18(22)21-7-6-16-14(9-21)12-24-17(16)11-20(3)10-15-5-4-8-23-15;3-2(4,5)1(6)7/h4-5,8,13-14,16-17H,6-7,9-12H2,1-3H3,(H,19,22);(H,6,7)/t14-,16-,17+;/m0./s1. The number of carbonyl (C=O) groups excluding carboxylic acids is 1. The number of amides is 2. The SMILES string of the molecule is CC(C)NC(=O)N1CC[C@H]2[C@H](CO[C@@H]2CN(C)Cc2ccco2)C1.O=C(O)C(F)(F)F. The zero-order valence-corrected chi connectivity index (χ0v) is 17.9. The molecule has 3 atom stereocenters. The summed E-state index contributed by atoms with van der Waals surface area (Å²) in [5.74, 6) is -0.773. The van der Waals surface area contributed by atoms with Crippen molar-refractivity contribution >= 4 is 12.0 Å². The molecule has 2 fully saturated rings. The topological polar surface area (TPSA) is 95.3 Å². The van der Waals surface area contributed by atoms with Crippen LogP contribution in [0.25, 0.3) is 0 Å². The maximum absolute atomic E-state index is 12.2. The molecule has 31 heavy (non-hydrogen) atoms. The third-order valence-electron chi connectivity index (χ3n) is 5.23. The fraction of sp³-hybridized carbons (Fsp3) is 0.700. The number of carboxylic acids is 1. The lowest BCUT2D eigenvalue weighted by Gasteiger charge is -2.36. The molecular weight excluding hydrogens is 419 g/mol. The van der Waals surface area contributed by atoms with E-state index < -0.39 is 12.1 Å². The molecule has 8 nitrogen and oxygen atoms in total. The smallest absolute Gasteiger partial charge is 0.475 e. The minimum Gasteiger partial charge on any atom is -0.475 e. The van der Waals surface area contributed by atoms with Gasteiger partial charge in [-0.2, -0.15) is 13.2 Å². The number of halogens is 3. The number of nitrogens with zero attached hydrogens (tertiary/aromatic N) is 2. The molecule has 11 heteroatoms. The molecule has 3 rings (SSSR count). The molecule has 2 saturated heterocycles. The summed E-state index contributed by atoms with van der Waals surface area (Å²) < 4.78 is 43.2. The normalized spacial score (nSPS) is 23.4.